The van der Waals surface area contributed by atoms with Crippen molar-refractivity contribution in [1.82, 2.24) is 0 Å². The lowest BCUT2D eigenvalue weighted by Gasteiger charge is -2.03. The number of aliphatic carboxylic acids is 1. The molecule has 0 aliphatic rings. The van der Waals surface area contributed by atoms with Gasteiger partial charge in [0, 0.05) is 0 Å². The average Bonchev–Trinajstić information content (AvgIpc) is 1.87. The molecule has 1 unspecified atom stereocenters. The lowest BCUT2D eigenvalue weighted by molar-refractivity contribution is -0.137. The molecule has 1 atom stereocenters. The highest BCUT2D eigenvalue weighted by molar-refractivity contribution is 7.92. The van der Waals surface area contributed by atoms with Crippen LogP contribution >= 0.6 is 11.6 Å². The Morgan fingerprint density at radius 1 is 1.64 bits per heavy atom. The molecule has 0 aliphatic carbocycles. The van der Waals surface area contributed by atoms with E-state index in [0.717, 1.165) is 0 Å². The van der Waals surface area contributed by atoms with Crippen LogP contribution in [0.1, 0.15) is 0 Å². The normalized spacial score (nSPS) is 14.4. The summed E-state index contributed by atoms with van der Waals surface area (Å²) in [7, 11) is -3.50. The van der Waals surface area contributed by atoms with Gasteiger partial charge in [-0.25, -0.2) is 8.42 Å². The Balaban J connectivity index is 4.16. The van der Waals surface area contributed by atoms with E-state index >= 15 is 0 Å². The fourth-order valence-electron chi connectivity index (χ4n) is 0.389. The van der Waals surface area contributed by atoms with Gasteiger partial charge in [0.1, 0.15) is 11.3 Å². The van der Waals surface area contributed by atoms with E-state index in [0.29, 0.717) is 0 Å². The number of carbonyl (C=O) groups is 1. The average molecular weight is 202 g/mol. The molecule has 0 aromatic heterocycles. The number of halogens is 1. The molecule has 0 heterocycles. The van der Waals surface area contributed by atoms with E-state index in [2.05, 4.69) is 0 Å². The maximum atomic E-state index is 10.6. The minimum absolute atomic E-state index is 0.603. The van der Waals surface area contributed by atoms with Crippen LogP contribution in [-0.2, 0) is 14.6 Å². The third-order valence-electron chi connectivity index (χ3n) is 0.917. The van der Waals surface area contributed by atoms with E-state index in [9.17, 15) is 13.2 Å². The molecule has 0 aromatic rings. The number of carboxylic acids is 1. The molecular weight excluding hydrogens is 194 g/mol. The first kappa shape index (κ1) is 10.7. The third-order valence-corrected chi connectivity index (χ3v) is 3.11. The second-order valence-corrected chi connectivity index (χ2v) is 4.66. The highest BCUT2D eigenvalue weighted by Gasteiger charge is 2.20. The van der Waals surface area contributed by atoms with Gasteiger partial charge in [-0.3, -0.25) is 4.79 Å². The van der Waals surface area contributed by atoms with Crippen LogP contribution in [0.15, 0.2) is 0 Å². The Labute approximate surface area is 69.1 Å². The summed E-state index contributed by atoms with van der Waals surface area (Å²) in [6.45, 7) is 0. The molecule has 0 fully saturated rings. The van der Waals surface area contributed by atoms with Gasteiger partial charge >= 0.3 is 5.97 Å². The molecule has 0 aliphatic heterocycles. The standard InChI is InChI=1S/C4H8ClNO4S/c5-2-11(9,10)1-3(6)4(7)8/h3H,1-2,6H2,(H,7,8). The molecule has 0 radical (unpaired) electrons. The molecule has 0 bridgehead atoms. The maximum absolute atomic E-state index is 10.6. The van der Waals surface area contributed by atoms with Gasteiger partial charge in [-0.1, -0.05) is 0 Å². The summed E-state index contributed by atoms with van der Waals surface area (Å²) in [6, 6.07) is -1.39. The van der Waals surface area contributed by atoms with Crippen molar-refractivity contribution in [3.8, 4) is 0 Å². The molecular formula is C4H8ClNO4S. The topological polar surface area (TPSA) is 97.5 Å². The van der Waals surface area contributed by atoms with E-state index in [1.807, 2.05) is 0 Å². The van der Waals surface area contributed by atoms with Gasteiger partial charge in [0.15, 0.2) is 9.84 Å². The molecule has 7 heteroatoms. The summed E-state index contributed by atoms with van der Waals surface area (Å²) in [5, 5.41) is 7.61. The smallest absolute Gasteiger partial charge is 0.321 e. The van der Waals surface area contributed by atoms with Gasteiger partial charge in [0.2, 0.25) is 0 Å². The Morgan fingerprint density at radius 3 is 2.36 bits per heavy atom. The van der Waals surface area contributed by atoms with Crippen LogP contribution < -0.4 is 5.73 Å². The predicted octanol–water partition coefficient (Wildman–Crippen LogP) is -0.991. The van der Waals surface area contributed by atoms with Gasteiger partial charge < -0.3 is 10.8 Å². The summed E-state index contributed by atoms with van der Waals surface area (Å²) in [5.74, 6) is -1.97. The number of carboxylic acid groups (broad SMARTS) is 1. The number of nitrogens with two attached hydrogens (primary N) is 1. The van der Waals surface area contributed by atoms with Gasteiger partial charge in [0.05, 0.1) is 5.75 Å². The lowest BCUT2D eigenvalue weighted by atomic mass is 10.4. The van der Waals surface area contributed by atoms with E-state index < -0.39 is 32.8 Å². The van der Waals surface area contributed by atoms with Crippen LogP contribution in [0.4, 0.5) is 0 Å². The van der Waals surface area contributed by atoms with Crippen LogP contribution in [0.25, 0.3) is 0 Å². The van der Waals surface area contributed by atoms with Crippen LogP contribution in [0, 0.1) is 0 Å². The monoisotopic (exact) mass is 201 g/mol. The van der Waals surface area contributed by atoms with Crippen molar-refractivity contribution in [1.29, 1.82) is 0 Å². The predicted molar refractivity (Wildman–Crippen MR) is 40.1 cm³/mol. The van der Waals surface area contributed by atoms with Crippen molar-refractivity contribution in [2.75, 3.05) is 11.0 Å². The van der Waals surface area contributed by atoms with Crippen LogP contribution in [0.2, 0.25) is 0 Å². The zero-order valence-electron chi connectivity index (χ0n) is 5.53. The van der Waals surface area contributed by atoms with E-state index in [1.165, 1.54) is 0 Å². The summed E-state index contributed by atoms with van der Waals surface area (Å²) in [6.07, 6.45) is 0. The first-order valence-corrected chi connectivity index (χ1v) is 4.99. The highest BCUT2D eigenvalue weighted by Crippen LogP contribution is 1.95. The number of hydrogen-bond donors (Lipinski definition) is 2. The van der Waals surface area contributed by atoms with E-state index in [1.54, 1.807) is 0 Å². The van der Waals surface area contributed by atoms with Crippen LogP contribution in [-0.4, -0.2) is 36.5 Å². The Hall–Kier alpha value is -0.330. The van der Waals surface area contributed by atoms with Crippen LogP contribution in [0.5, 0.6) is 0 Å². The van der Waals surface area contributed by atoms with Crippen molar-refractivity contribution in [2.45, 2.75) is 6.04 Å². The SMILES string of the molecule is NC(CS(=O)(=O)CCl)C(=O)O. The Bertz CT molecular complexity index is 236. The maximum Gasteiger partial charge on any atom is 0.321 e. The van der Waals surface area contributed by atoms with Crippen molar-refractivity contribution in [3.05, 3.63) is 0 Å². The molecule has 0 spiro atoms. The summed E-state index contributed by atoms with van der Waals surface area (Å²) < 4.78 is 21.3. The van der Waals surface area contributed by atoms with Gasteiger partial charge in [-0.2, -0.15) is 0 Å². The minimum atomic E-state index is -3.50. The molecule has 0 rings (SSSR count). The molecule has 5 nitrogen and oxygen atoms in total. The van der Waals surface area contributed by atoms with E-state index in [4.69, 9.17) is 22.4 Å². The molecule has 0 saturated heterocycles. The largest absolute Gasteiger partial charge is 0.480 e. The zero-order valence-corrected chi connectivity index (χ0v) is 7.10. The number of alkyl halides is 1. The molecule has 11 heavy (non-hydrogen) atoms. The number of hydrogen-bond acceptors (Lipinski definition) is 4. The zero-order chi connectivity index (χ0) is 9.07. The fraction of sp³-hybridized carbons (Fsp3) is 0.750. The second-order valence-electron chi connectivity index (χ2n) is 1.96. The van der Waals surface area contributed by atoms with Crippen molar-refractivity contribution >= 4 is 27.4 Å². The Morgan fingerprint density at radius 2 is 2.09 bits per heavy atom. The van der Waals surface area contributed by atoms with Gasteiger partial charge in [0.25, 0.3) is 0 Å². The summed E-state index contributed by atoms with van der Waals surface area (Å²) in [4.78, 5) is 10.1. The molecule has 0 amide bonds. The first-order valence-electron chi connectivity index (χ1n) is 2.64. The molecule has 0 aromatic carbocycles. The summed E-state index contributed by atoms with van der Waals surface area (Å²) >= 11 is 5.01. The quantitative estimate of drug-likeness (QED) is 0.570. The van der Waals surface area contributed by atoms with Gasteiger partial charge in [-0.15, -0.1) is 11.6 Å². The first-order chi connectivity index (χ1) is 4.89. The number of sulfone groups is 1. The van der Waals surface area contributed by atoms with Crippen molar-refractivity contribution in [3.63, 3.8) is 0 Å². The highest BCUT2D eigenvalue weighted by atomic mass is 35.5. The molecule has 66 valence electrons. The van der Waals surface area contributed by atoms with Crippen LogP contribution in [0.3, 0.4) is 0 Å². The second kappa shape index (κ2) is 3.89. The van der Waals surface area contributed by atoms with Crippen molar-refractivity contribution in [2.24, 2.45) is 5.73 Å². The minimum Gasteiger partial charge on any atom is -0.480 e. The van der Waals surface area contributed by atoms with Crippen molar-refractivity contribution < 1.29 is 18.3 Å². The fourth-order valence-corrected chi connectivity index (χ4v) is 1.44. The number of rotatable bonds is 4. The molecule has 0 saturated carbocycles. The summed E-state index contributed by atoms with van der Waals surface area (Å²) in [5.41, 5.74) is 4.94. The Kier molecular flexibility index (Phi) is 3.77. The lowest BCUT2D eigenvalue weighted by Crippen LogP contribution is -2.37. The van der Waals surface area contributed by atoms with Gasteiger partial charge in [-0.05, 0) is 0 Å². The third kappa shape index (κ3) is 4.18. The molecule has 3 N–H and O–H groups in total. The van der Waals surface area contributed by atoms with E-state index in [-0.39, 0.29) is 0 Å².